The summed E-state index contributed by atoms with van der Waals surface area (Å²) < 4.78 is 12.9. The fourth-order valence-corrected chi connectivity index (χ4v) is 3.10. The monoisotopic (exact) mass is 352 g/mol. The lowest BCUT2D eigenvalue weighted by Gasteiger charge is -2.34. The van der Waals surface area contributed by atoms with Crippen LogP contribution in [-0.2, 0) is 16.0 Å². The molecule has 0 saturated heterocycles. The fraction of sp³-hybridized carbons (Fsp3) is 0.286. The third-order valence-electron chi connectivity index (χ3n) is 4.38. The zero-order chi connectivity index (χ0) is 18.9. The van der Waals surface area contributed by atoms with Crippen LogP contribution in [0.2, 0.25) is 0 Å². The predicted molar refractivity (Wildman–Crippen MR) is 98.9 cm³/mol. The Balaban J connectivity index is 1.79. The number of allylic oxidation sites excluding steroid dienone is 3. The number of benzene rings is 1. The molecule has 0 bridgehead atoms. The summed E-state index contributed by atoms with van der Waals surface area (Å²) >= 11 is 0. The highest BCUT2D eigenvalue weighted by atomic mass is 19.1. The lowest BCUT2D eigenvalue weighted by Crippen LogP contribution is -2.36. The molecule has 1 aliphatic heterocycles. The number of halogens is 1. The van der Waals surface area contributed by atoms with Crippen molar-refractivity contribution in [3.05, 3.63) is 71.2 Å². The molecule has 2 amide bonds. The fourth-order valence-electron chi connectivity index (χ4n) is 3.10. The zero-order valence-electron chi connectivity index (χ0n) is 15.0. The molecular weight excluding hydrogens is 331 g/mol. The Morgan fingerprint density at radius 1 is 1.19 bits per heavy atom. The third-order valence-corrected chi connectivity index (χ3v) is 4.38. The first kappa shape index (κ1) is 18.0. The molecule has 0 aromatic heterocycles. The first-order valence-electron chi connectivity index (χ1n) is 8.51. The maximum Gasteiger partial charge on any atom is 0.250 e. The van der Waals surface area contributed by atoms with Gasteiger partial charge < -0.3 is 5.32 Å². The van der Waals surface area contributed by atoms with Gasteiger partial charge in [0.15, 0.2) is 0 Å². The maximum absolute atomic E-state index is 12.9. The molecule has 1 atom stereocenters. The molecule has 1 aromatic rings. The number of nitrogens with one attached hydrogen (secondary N) is 1. The van der Waals surface area contributed by atoms with E-state index in [1.807, 2.05) is 6.08 Å². The van der Waals surface area contributed by atoms with E-state index < -0.39 is 0 Å². The second-order valence-corrected chi connectivity index (χ2v) is 7.51. The highest BCUT2D eigenvalue weighted by molar-refractivity contribution is 6.11. The van der Waals surface area contributed by atoms with Gasteiger partial charge in [0.25, 0.3) is 5.91 Å². The Labute approximate surface area is 152 Å². The van der Waals surface area contributed by atoms with Crippen LogP contribution in [0.5, 0.6) is 0 Å². The van der Waals surface area contributed by atoms with Gasteiger partial charge in [-0.3, -0.25) is 9.59 Å². The van der Waals surface area contributed by atoms with E-state index >= 15 is 0 Å². The van der Waals surface area contributed by atoms with Crippen molar-refractivity contribution in [1.82, 2.24) is 5.32 Å². The Morgan fingerprint density at radius 3 is 2.54 bits per heavy atom. The van der Waals surface area contributed by atoms with E-state index in [0.29, 0.717) is 11.3 Å². The van der Waals surface area contributed by atoms with Crippen molar-refractivity contribution in [2.75, 3.05) is 0 Å². The Kier molecular flexibility index (Phi) is 4.72. The highest BCUT2D eigenvalue weighted by Crippen LogP contribution is 2.38. The van der Waals surface area contributed by atoms with Crippen LogP contribution in [0.25, 0.3) is 0 Å². The highest BCUT2D eigenvalue weighted by Gasteiger charge is 2.32. The van der Waals surface area contributed by atoms with E-state index in [-0.39, 0.29) is 35.4 Å². The summed E-state index contributed by atoms with van der Waals surface area (Å²) in [5.41, 5.74) is 2.83. The predicted octanol–water partition coefficient (Wildman–Crippen LogP) is 3.51. The van der Waals surface area contributed by atoms with E-state index in [1.165, 1.54) is 12.1 Å². The van der Waals surface area contributed by atoms with Crippen molar-refractivity contribution in [2.24, 2.45) is 16.3 Å². The van der Waals surface area contributed by atoms with Gasteiger partial charge in [0, 0.05) is 17.7 Å². The molecule has 0 fully saturated rings. The van der Waals surface area contributed by atoms with Gasteiger partial charge in [-0.1, -0.05) is 39.0 Å². The molecule has 1 unspecified atom stereocenters. The van der Waals surface area contributed by atoms with E-state index in [0.717, 1.165) is 11.3 Å². The van der Waals surface area contributed by atoms with E-state index in [4.69, 9.17) is 0 Å². The van der Waals surface area contributed by atoms with Gasteiger partial charge in [-0.15, -0.1) is 0 Å². The summed E-state index contributed by atoms with van der Waals surface area (Å²) in [5, 5.41) is 2.84. The molecule has 0 radical (unpaired) electrons. The van der Waals surface area contributed by atoms with E-state index in [9.17, 15) is 14.0 Å². The van der Waals surface area contributed by atoms with Gasteiger partial charge in [-0.2, -0.15) is 0 Å². The maximum atomic E-state index is 12.9. The minimum Gasteiger partial charge on any atom is -0.325 e. The van der Waals surface area contributed by atoms with Gasteiger partial charge in [0.1, 0.15) is 5.82 Å². The van der Waals surface area contributed by atoms with E-state index in [2.05, 4.69) is 31.1 Å². The SMILES string of the molecule is CC(C)(C)C1=CC(=O)NC2=CC(=NC(=O)Cc3ccc(F)cc3)C=CC21. The topological polar surface area (TPSA) is 58.5 Å². The number of carbonyl (C=O) groups excluding carboxylic acids is 2. The van der Waals surface area contributed by atoms with Gasteiger partial charge >= 0.3 is 0 Å². The van der Waals surface area contributed by atoms with Crippen LogP contribution in [-0.4, -0.2) is 17.5 Å². The summed E-state index contributed by atoms with van der Waals surface area (Å²) in [7, 11) is 0. The van der Waals surface area contributed by atoms with Gasteiger partial charge in [-0.05, 0) is 40.8 Å². The Bertz CT molecular complexity index is 868. The molecular formula is C21H21FN2O2. The number of rotatable bonds is 2. The molecule has 4 nitrogen and oxygen atoms in total. The van der Waals surface area contributed by atoms with Crippen LogP contribution >= 0.6 is 0 Å². The summed E-state index contributed by atoms with van der Waals surface area (Å²) in [5.74, 6) is -0.835. The summed E-state index contributed by atoms with van der Waals surface area (Å²) in [6.07, 6.45) is 7.24. The summed E-state index contributed by atoms with van der Waals surface area (Å²) in [6, 6.07) is 5.78. The summed E-state index contributed by atoms with van der Waals surface area (Å²) in [4.78, 5) is 28.3. The number of aliphatic imine (C=N–C) groups is 1. The van der Waals surface area contributed by atoms with Crippen molar-refractivity contribution in [2.45, 2.75) is 27.2 Å². The van der Waals surface area contributed by atoms with Crippen LogP contribution < -0.4 is 5.32 Å². The standard InChI is InChI=1S/C21H21FN2O2/c1-21(2,3)17-12-20(26)24-18-11-15(8-9-16(17)18)23-19(25)10-13-4-6-14(22)7-5-13/h4-9,11-12,16H,10H2,1-3H3,(H,24,26). The largest absolute Gasteiger partial charge is 0.325 e. The number of hydrogen-bond donors (Lipinski definition) is 1. The molecule has 0 spiro atoms. The van der Waals surface area contributed by atoms with Gasteiger partial charge in [0.2, 0.25) is 5.91 Å². The smallest absolute Gasteiger partial charge is 0.250 e. The first-order chi connectivity index (χ1) is 12.2. The number of amides is 2. The van der Waals surface area contributed by atoms with E-state index in [1.54, 1.807) is 30.4 Å². The van der Waals surface area contributed by atoms with Crippen LogP contribution in [0.4, 0.5) is 4.39 Å². The lowest BCUT2D eigenvalue weighted by molar-refractivity contribution is -0.117. The lowest BCUT2D eigenvalue weighted by atomic mass is 9.74. The zero-order valence-corrected chi connectivity index (χ0v) is 15.0. The van der Waals surface area contributed by atoms with Crippen molar-refractivity contribution in [3.63, 3.8) is 0 Å². The van der Waals surface area contributed by atoms with Crippen molar-refractivity contribution >= 4 is 17.5 Å². The van der Waals surface area contributed by atoms with Crippen LogP contribution in [0, 0.1) is 17.2 Å². The second kappa shape index (κ2) is 6.83. The molecule has 1 heterocycles. The minimum atomic E-state index is -0.339. The van der Waals surface area contributed by atoms with Crippen molar-refractivity contribution in [3.8, 4) is 0 Å². The van der Waals surface area contributed by atoms with Crippen LogP contribution in [0.15, 0.2) is 64.8 Å². The third kappa shape index (κ3) is 4.04. The van der Waals surface area contributed by atoms with Crippen molar-refractivity contribution < 1.29 is 14.0 Å². The second-order valence-electron chi connectivity index (χ2n) is 7.51. The van der Waals surface area contributed by atoms with Gasteiger partial charge in [-0.25, -0.2) is 9.38 Å². The van der Waals surface area contributed by atoms with Crippen LogP contribution in [0.1, 0.15) is 26.3 Å². The molecule has 134 valence electrons. The normalized spacial score (nSPS) is 21.0. The molecule has 0 saturated carbocycles. The molecule has 3 rings (SSSR count). The Hall–Kier alpha value is -2.82. The average molecular weight is 352 g/mol. The number of hydrogen-bond acceptors (Lipinski definition) is 2. The molecule has 26 heavy (non-hydrogen) atoms. The molecule has 2 aliphatic rings. The first-order valence-corrected chi connectivity index (χ1v) is 8.51. The number of carbonyl (C=O) groups is 2. The average Bonchev–Trinajstić information content (AvgIpc) is 2.55. The van der Waals surface area contributed by atoms with Crippen molar-refractivity contribution in [1.29, 1.82) is 0 Å². The molecule has 1 aliphatic carbocycles. The van der Waals surface area contributed by atoms with Gasteiger partial charge in [0.05, 0.1) is 12.1 Å². The quantitative estimate of drug-likeness (QED) is 0.885. The minimum absolute atomic E-state index is 0.0150. The van der Waals surface area contributed by atoms with Crippen LogP contribution in [0.3, 0.4) is 0 Å². The molecule has 1 aromatic carbocycles. The Morgan fingerprint density at radius 2 is 1.88 bits per heavy atom. The molecule has 5 heteroatoms. The summed E-state index contributed by atoms with van der Waals surface area (Å²) in [6.45, 7) is 6.20. The molecule has 1 N–H and O–H groups in total. The number of nitrogens with zero attached hydrogens (tertiary/aromatic N) is 1. The number of fused-ring (bicyclic) bond motifs is 1.